The van der Waals surface area contributed by atoms with E-state index in [0.29, 0.717) is 23.0 Å². The summed E-state index contributed by atoms with van der Waals surface area (Å²) in [6, 6.07) is 12.9. The van der Waals surface area contributed by atoms with Crippen molar-refractivity contribution in [2.75, 3.05) is 0 Å². The van der Waals surface area contributed by atoms with Crippen LogP contribution in [0.4, 0.5) is 0 Å². The quantitative estimate of drug-likeness (QED) is 0.760. The van der Waals surface area contributed by atoms with E-state index in [4.69, 9.17) is 0 Å². The summed E-state index contributed by atoms with van der Waals surface area (Å²) in [4.78, 5) is 39.7. The first-order valence-corrected chi connectivity index (χ1v) is 8.74. The second-order valence-corrected chi connectivity index (χ2v) is 6.50. The van der Waals surface area contributed by atoms with E-state index in [9.17, 15) is 14.4 Å². The van der Waals surface area contributed by atoms with Crippen LogP contribution in [0.2, 0.25) is 0 Å². The molecular formula is C20H19N3O3. The second kappa shape index (κ2) is 6.29. The molecule has 4 rings (SSSR count). The lowest BCUT2D eigenvalue weighted by molar-refractivity contribution is 0.0937. The van der Waals surface area contributed by atoms with Gasteiger partial charge in [-0.3, -0.25) is 14.2 Å². The molecule has 132 valence electrons. The third kappa shape index (κ3) is 2.63. The molecule has 0 unspecified atom stereocenters. The molecule has 0 saturated carbocycles. The maximum Gasteiger partial charge on any atom is 0.328 e. The Labute approximate surface area is 149 Å². The van der Waals surface area contributed by atoms with Gasteiger partial charge in [-0.1, -0.05) is 24.3 Å². The minimum Gasteiger partial charge on any atom is -0.345 e. The highest BCUT2D eigenvalue weighted by atomic mass is 16.2. The monoisotopic (exact) mass is 349 g/mol. The van der Waals surface area contributed by atoms with Crippen molar-refractivity contribution < 1.29 is 4.79 Å². The lowest BCUT2D eigenvalue weighted by Gasteiger charge is -2.14. The van der Waals surface area contributed by atoms with Crippen molar-refractivity contribution in [2.24, 2.45) is 0 Å². The highest BCUT2D eigenvalue weighted by Gasteiger charge is 2.24. The molecular weight excluding hydrogens is 330 g/mol. The van der Waals surface area contributed by atoms with Gasteiger partial charge in [-0.15, -0.1) is 0 Å². The number of benzene rings is 2. The summed E-state index contributed by atoms with van der Waals surface area (Å²) in [5.41, 5.74) is 2.41. The number of aryl methyl sites for hydroxylation is 1. The summed E-state index contributed by atoms with van der Waals surface area (Å²) in [6.45, 7) is 2.04. The summed E-state index contributed by atoms with van der Waals surface area (Å²) in [5, 5.41) is 3.45. The molecule has 1 heterocycles. The first kappa shape index (κ1) is 16.3. The molecule has 0 saturated heterocycles. The van der Waals surface area contributed by atoms with E-state index in [1.807, 2.05) is 18.2 Å². The third-order valence-electron chi connectivity index (χ3n) is 5.00. The number of aromatic amines is 1. The van der Waals surface area contributed by atoms with Gasteiger partial charge in [-0.05, 0) is 49.1 Å². The SMILES string of the molecule is CCn1c(=O)[nH]c2cc(C(=O)N[C@H]3CCc4ccccc43)ccc2c1=O. The van der Waals surface area contributed by atoms with Crippen LogP contribution in [0.1, 0.15) is 40.9 Å². The first-order chi connectivity index (χ1) is 12.6. The van der Waals surface area contributed by atoms with Gasteiger partial charge in [0.2, 0.25) is 0 Å². The van der Waals surface area contributed by atoms with Gasteiger partial charge in [-0.25, -0.2) is 4.79 Å². The fraction of sp³-hybridized carbons (Fsp3) is 0.250. The van der Waals surface area contributed by atoms with E-state index in [1.165, 1.54) is 5.56 Å². The summed E-state index contributed by atoms with van der Waals surface area (Å²) < 4.78 is 1.14. The van der Waals surface area contributed by atoms with Crippen molar-refractivity contribution in [3.05, 3.63) is 80.0 Å². The molecule has 6 heteroatoms. The number of amides is 1. The summed E-state index contributed by atoms with van der Waals surface area (Å²) in [6.07, 6.45) is 1.82. The third-order valence-corrected chi connectivity index (χ3v) is 5.00. The van der Waals surface area contributed by atoms with Crippen molar-refractivity contribution in [2.45, 2.75) is 32.4 Å². The predicted molar refractivity (Wildman–Crippen MR) is 99.5 cm³/mol. The molecule has 1 amide bonds. The highest BCUT2D eigenvalue weighted by Crippen LogP contribution is 2.30. The number of rotatable bonds is 3. The Morgan fingerprint density at radius 2 is 2.04 bits per heavy atom. The minimum absolute atomic E-state index is 0.0125. The Hall–Kier alpha value is -3.15. The molecule has 2 aromatic carbocycles. The van der Waals surface area contributed by atoms with Crippen LogP contribution in [-0.2, 0) is 13.0 Å². The van der Waals surface area contributed by atoms with Crippen LogP contribution < -0.4 is 16.6 Å². The molecule has 0 bridgehead atoms. The number of fused-ring (bicyclic) bond motifs is 2. The zero-order valence-corrected chi connectivity index (χ0v) is 14.4. The van der Waals surface area contributed by atoms with Crippen LogP contribution in [0, 0.1) is 0 Å². The molecule has 0 spiro atoms. The van der Waals surface area contributed by atoms with E-state index in [0.717, 1.165) is 23.0 Å². The van der Waals surface area contributed by atoms with Crippen LogP contribution in [0.3, 0.4) is 0 Å². The zero-order valence-electron chi connectivity index (χ0n) is 14.4. The molecule has 0 aliphatic heterocycles. The van der Waals surface area contributed by atoms with Crippen LogP contribution in [0.5, 0.6) is 0 Å². The fourth-order valence-corrected chi connectivity index (χ4v) is 3.63. The molecule has 2 N–H and O–H groups in total. The van der Waals surface area contributed by atoms with Gasteiger partial charge in [0.1, 0.15) is 0 Å². The summed E-state index contributed by atoms with van der Waals surface area (Å²) in [5.74, 6) is -0.214. The van der Waals surface area contributed by atoms with E-state index < -0.39 is 5.69 Å². The van der Waals surface area contributed by atoms with Gasteiger partial charge < -0.3 is 10.3 Å². The molecule has 1 aliphatic carbocycles. The maximum atomic E-state index is 12.7. The number of nitrogens with zero attached hydrogens (tertiary/aromatic N) is 1. The molecule has 1 aromatic heterocycles. The molecule has 26 heavy (non-hydrogen) atoms. The fourth-order valence-electron chi connectivity index (χ4n) is 3.63. The Bertz CT molecular complexity index is 1130. The van der Waals surface area contributed by atoms with Gasteiger partial charge in [0.05, 0.1) is 16.9 Å². The number of carbonyl (C=O) groups excluding carboxylic acids is 1. The smallest absolute Gasteiger partial charge is 0.328 e. The molecule has 3 aromatic rings. The number of H-pyrrole nitrogens is 1. The second-order valence-electron chi connectivity index (χ2n) is 6.50. The van der Waals surface area contributed by atoms with Crippen molar-refractivity contribution in [1.29, 1.82) is 0 Å². The highest BCUT2D eigenvalue weighted by molar-refractivity contribution is 5.97. The molecule has 6 nitrogen and oxygen atoms in total. The zero-order chi connectivity index (χ0) is 18.3. The molecule has 1 aliphatic rings. The normalized spacial score (nSPS) is 15.8. The largest absolute Gasteiger partial charge is 0.345 e. The van der Waals surface area contributed by atoms with Crippen LogP contribution in [-0.4, -0.2) is 15.5 Å². The van der Waals surface area contributed by atoms with Crippen molar-refractivity contribution in [1.82, 2.24) is 14.9 Å². The first-order valence-electron chi connectivity index (χ1n) is 8.74. The molecule has 1 atom stereocenters. The van der Waals surface area contributed by atoms with Gasteiger partial charge in [0.25, 0.3) is 11.5 Å². The number of aromatic nitrogens is 2. The average molecular weight is 349 g/mol. The van der Waals surface area contributed by atoms with E-state index in [1.54, 1.807) is 25.1 Å². The summed E-state index contributed by atoms with van der Waals surface area (Å²) >= 11 is 0. The standard InChI is InChI=1S/C20H19N3O3/c1-2-23-19(25)15-9-7-13(11-17(15)22-20(23)26)18(24)21-16-10-8-12-5-3-4-6-14(12)16/h3-7,9,11,16H,2,8,10H2,1H3,(H,21,24)(H,22,26)/t16-/m0/s1. The number of carbonyl (C=O) groups is 1. The average Bonchev–Trinajstić information content (AvgIpc) is 3.04. The van der Waals surface area contributed by atoms with Gasteiger partial charge in [0.15, 0.2) is 0 Å². The van der Waals surface area contributed by atoms with Gasteiger partial charge >= 0.3 is 5.69 Å². The Balaban J connectivity index is 1.66. The van der Waals surface area contributed by atoms with E-state index in [2.05, 4.69) is 16.4 Å². The number of hydrogen-bond acceptors (Lipinski definition) is 3. The summed E-state index contributed by atoms with van der Waals surface area (Å²) in [7, 11) is 0. The van der Waals surface area contributed by atoms with Crippen LogP contribution in [0.15, 0.2) is 52.1 Å². The molecule has 0 radical (unpaired) electrons. The Morgan fingerprint density at radius 3 is 2.85 bits per heavy atom. The van der Waals surface area contributed by atoms with Gasteiger partial charge in [0, 0.05) is 12.1 Å². The minimum atomic E-state index is -0.465. The van der Waals surface area contributed by atoms with E-state index in [-0.39, 0.29) is 17.5 Å². The Morgan fingerprint density at radius 1 is 1.23 bits per heavy atom. The lowest BCUT2D eigenvalue weighted by Crippen LogP contribution is -2.34. The lowest BCUT2D eigenvalue weighted by atomic mass is 10.1. The number of nitrogens with one attached hydrogen (secondary N) is 2. The van der Waals surface area contributed by atoms with Gasteiger partial charge in [-0.2, -0.15) is 0 Å². The Kier molecular flexibility index (Phi) is 3.95. The molecule has 0 fully saturated rings. The van der Waals surface area contributed by atoms with Crippen LogP contribution in [0.25, 0.3) is 10.9 Å². The maximum absolute atomic E-state index is 12.7. The predicted octanol–water partition coefficient (Wildman–Crippen LogP) is 2.13. The van der Waals surface area contributed by atoms with Crippen LogP contribution >= 0.6 is 0 Å². The number of hydrogen-bond donors (Lipinski definition) is 2. The van der Waals surface area contributed by atoms with Crippen molar-refractivity contribution >= 4 is 16.8 Å². The van der Waals surface area contributed by atoms with Crippen molar-refractivity contribution in [3.8, 4) is 0 Å². The topological polar surface area (TPSA) is 84.0 Å². The van der Waals surface area contributed by atoms with E-state index >= 15 is 0 Å². The van der Waals surface area contributed by atoms with Crippen molar-refractivity contribution in [3.63, 3.8) is 0 Å².